The van der Waals surface area contributed by atoms with E-state index in [2.05, 4.69) is 5.32 Å². The second-order valence-corrected chi connectivity index (χ2v) is 8.07. The first-order valence-corrected chi connectivity index (χ1v) is 9.97. The highest BCUT2D eigenvalue weighted by Gasteiger charge is 2.31. The third-order valence-electron chi connectivity index (χ3n) is 4.60. The van der Waals surface area contributed by atoms with Crippen LogP contribution in [0.4, 0.5) is 0 Å². The third-order valence-corrected chi connectivity index (χ3v) is 4.60. The SMILES string of the molecule is CC[C@H](C)[C@H](N[C@@H](C/C(=C\C(=O)OC)OC)c1ccccc1)C(=O)OC(C)(C)C. The fraction of sp³-hybridized carbons (Fsp3) is 0.565. The molecule has 0 aliphatic carbocycles. The van der Waals surface area contributed by atoms with Crippen LogP contribution in [0.25, 0.3) is 0 Å². The van der Waals surface area contributed by atoms with Crippen molar-refractivity contribution in [2.75, 3.05) is 14.2 Å². The van der Waals surface area contributed by atoms with Gasteiger partial charge in [-0.05, 0) is 32.3 Å². The Morgan fingerprint density at radius 3 is 2.21 bits per heavy atom. The minimum atomic E-state index is -0.574. The van der Waals surface area contributed by atoms with E-state index in [4.69, 9.17) is 14.2 Å². The number of hydrogen-bond acceptors (Lipinski definition) is 6. The summed E-state index contributed by atoms with van der Waals surface area (Å²) in [6.07, 6.45) is 2.52. The van der Waals surface area contributed by atoms with Crippen molar-refractivity contribution in [1.82, 2.24) is 5.32 Å². The molecular formula is C23H35NO5. The summed E-state index contributed by atoms with van der Waals surface area (Å²) in [5.41, 5.74) is 0.409. The van der Waals surface area contributed by atoms with Crippen LogP contribution in [0.5, 0.6) is 0 Å². The molecule has 0 unspecified atom stereocenters. The van der Waals surface area contributed by atoms with Gasteiger partial charge in [-0.25, -0.2) is 4.79 Å². The molecule has 0 radical (unpaired) electrons. The summed E-state index contributed by atoms with van der Waals surface area (Å²) in [5, 5.41) is 3.45. The summed E-state index contributed by atoms with van der Waals surface area (Å²) in [4.78, 5) is 24.6. The second kappa shape index (κ2) is 11.6. The second-order valence-electron chi connectivity index (χ2n) is 8.07. The van der Waals surface area contributed by atoms with E-state index < -0.39 is 17.6 Å². The number of esters is 2. The summed E-state index contributed by atoms with van der Waals surface area (Å²) in [5.74, 6) is -0.250. The van der Waals surface area contributed by atoms with Crippen molar-refractivity contribution < 1.29 is 23.8 Å². The molecule has 0 saturated heterocycles. The van der Waals surface area contributed by atoms with Crippen LogP contribution in [0, 0.1) is 5.92 Å². The molecule has 0 fully saturated rings. The zero-order valence-corrected chi connectivity index (χ0v) is 18.7. The molecule has 0 aromatic heterocycles. The van der Waals surface area contributed by atoms with Gasteiger partial charge in [0.25, 0.3) is 0 Å². The molecule has 0 heterocycles. The van der Waals surface area contributed by atoms with Crippen LogP contribution < -0.4 is 5.32 Å². The fourth-order valence-corrected chi connectivity index (χ4v) is 2.83. The zero-order chi connectivity index (χ0) is 22.0. The molecule has 6 nitrogen and oxygen atoms in total. The fourth-order valence-electron chi connectivity index (χ4n) is 2.83. The van der Waals surface area contributed by atoms with Crippen molar-refractivity contribution in [3.05, 3.63) is 47.7 Å². The Kier molecular flexibility index (Phi) is 9.89. The molecule has 0 aliphatic heterocycles. The zero-order valence-electron chi connectivity index (χ0n) is 18.7. The maximum absolute atomic E-state index is 12.9. The van der Waals surface area contributed by atoms with Crippen LogP contribution in [-0.4, -0.2) is 37.8 Å². The number of benzene rings is 1. The molecule has 1 aromatic carbocycles. The Hall–Kier alpha value is -2.34. The third kappa shape index (κ3) is 8.69. The number of ether oxygens (including phenoxy) is 3. The molecule has 0 spiro atoms. The highest BCUT2D eigenvalue weighted by molar-refractivity contribution is 5.82. The molecule has 6 heteroatoms. The van der Waals surface area contributed by atoms with Gasteiger partial charge in [-0.2, -0.15) is 0 Å². The van der Waals surface area contributed by atoms with Gasteiger partial charge in [0.2, 0.25) is 0 Å². The summed E-state index contributed by atoms with van der Waals surface area (Å²) >= 11 is 0. The Morgan fingerprint density at radius 1 is 1.10 bits per heavy atom. The summed E-state index contributed by atoms with van der Waals surface area (Å²) in [6.45, 7) is 9.63. The Labute approximate surface area is 174 Å². The predicted molar refractivity (Wildman–Crippen MR) is 113 cm³/mol. The predicted octanol–water partition coefficient (Wildman–Crippen LogP) is 4.17. The van der Waals surface area contributed by atoms with Gasteiger partial charge in [0.05, 0.1) is 20.3 Å². The normalized spacial score (nSPS) is 15.2. The van der Waals surface area contributed by atoms with Crippen LogP contribution in [0.2, 0.25) is 0 Å². The van der Waals surface area contributed by atoms with Gasteiger partial charge in [0, 0.05) is 12.5 Å². The molecule has 29 heavy (non-hydrogen) atoms. The molecule has 0 saturated carbocycles. The minimum absolute atomic E-state index is 0.0617. The average Bonchev–Trinajstić information content (AvgIpc) is 2.68. The van der Waals surface area contributed by atoms with E-state index >= 15 is 0 Å². The van der Waals surface area contributed by atoms with Crippen molar-refractivity contribution >= 4 is 11.9 Å². The van der Waals surface area contributed by atoms with Gasteiger partial charge >= 0.3 is 11.9 Å². The molecule has 1 aromatic rings. The number of nitrogens with one attached hydrogen (secondary N) is 1. The van der Waals surface area contributed by atoms with E-state index in [9.17, 15) is 9.59 Å². The lowest BCUT2D eigenvalue weighted by Crippen LogP contribution is -2.46. The highest BCUT2D eigenvalue weighted by atomic mass is 16.6. The molecule has 162 valence electrons. The van der Waals surface area contributed by atoms with Gasteiger partial charge in [-0.3, -0.25) is 10.1 Å². The molecule has 3 atom stereocenters. The van der Waals surface area contributed by atoms with Crippen molar-refractivity contribution in [2.45, 2.75) is 65.1 Å². The van der Waals surface area contributed by atoms with Crippen LogP contribution >= 0.6 is 0 Å². The first-order valence-electron chi connectivity index (χ1n) is 9.97. The molecule has 1 rings (SSSR count). The van der Waals surface area contributed by atoms with E-state index in [1.54, 1.807) is 0 Å². The van der Waals surface area contributed by atoms with Crippen molar-refractivity contribution in [2.24, 2.45) is 5.92 Å². The Morgan fingerprint density at radius 2 is 1.72 bits per heavy atom. The monoisotopic (exact) mass is 405 g/mol. The maximum atomic E-state index is 12.9. The summed E-state index contributed by atoms with van der Waals surface area (Å²) < 4.78 is 15.7. The van der Waals surface area contributed by atoms with Gasteiger partial charge in [-0.15, -0.1) is 0 Å². The van der Waals surface area contributed by atoms with E-state index in [1.807, 2.05) is 65.0 Å². The minimum Gasteiger partial charge on any atom is -0.501 e. The molecule has 1 N–H and O–H groups in total. The number of rotatable bonds is 10. The quantitative estimate of drug-likeness (QED) is 0.358. The van der Waals surface area contributed by atoms with Crippen LogP contribution in [0.15, 0.2) is 42.2 Å². The van der Waals surface area contributed by atoms with E-state index in [1.165, 1.54) is 20.3 Å². The van der Waals surface area contributed by atoms with Gasteiger partial charge in [0.15, 0.2) is 0 Å². The lowest BCUT2D eigenvalue weighted by Gasteiger charge is -2.31. The van der Waals surface area contributed by atoms with E-state index in [0.717, 1.165) is 12.0 Å². The average molecular weight is 406 g/mol. The largest absolute Gasteiger partial charge is 0.501 e. The lowest BCUT2D eigenvalue weighted by molar-refractivity contribution is -0.159. The van der Waals surface area contributed by atoms with Gasteiger partial charge < -0.3 is 14.2 Å². The smallest absolute Gasteiger partial charge is 0.333 e. The first-order chi connectivity index (χ1) is 13.6. The van der Waals surface area contributed by atoms with E-state index in [0.29, 0.717) is 12.2 Å². The van der Waals surface area contributed by atoms with Crippen molar-refractivity contribution in [3.8, 4) is 0 Å². The first kappa shape index (κ1) is 24.7. The molecule has 0 aliphatic rings. The number of carbonyl (C=O) groups is 2. The Balaban J connectivity index is 3.20. The van der Waals surface area contributed by atoms with Gasteiger partial charge in [-0.1, -0.05) is 50.6 Å². The highest BCUT2D eigenvalue weighted by Crippen LogP contribution is 2.25. The standard InChI is InChI=1S/C23H35NO5/c1-8-16(2)21(22(26)29-23(3,4)5)24-19(17-12-10-9-11-13-17)14-18(27-6)15-20(25)28-7/h9-13,15-16,19,21,24H,8,14H2,1-7H3/b18-15+/t16-,19-,21-/m0/s1. The summed E-state index contributed by atoms with van der Waals surface area (Å²) in [6, 6.07) is 9.01. The number of carbonyl (C=O) groups excluding carboxylic acids is 2. The van der Waals surface area contributed by atoms with Gasteiger partial charge in [0.1, 0.15) is 17.4 Å². The van der Waals surface area contributed by atoms with E-state index in [-0.39, 0.29) is 17.9 Å². The van der Waals surface area contributed by atoms with Crippen molar-refractivity contribution in [3.63, 3.8) is 0 Å². The number of hydrogen-bond donors (Lipinski definition) is 1. The molecule has 0 amide bonds. The van der Waals surface area contributed by atoms with Crippen LogP contribution in [0.1, 0.15) is 59.1 Å². The lowest BCUT2D eigenvalue weighted by atomic mass is 9.95. The number of methoxy groups -OCH3 is 2. The summed E-state index contributed by atoms with van der Waals surface area (Å²) in [7, 11) is 2.83. The topological polar surface area (TPSA) is 73.9 Å². The molecule has 0 bridgehead atoms. The van der Waals surface area contributed by atoms with Crippen LogP contribution in [0.3, 0.4) is 0 Å². The van der Waals surface area contributed by atoms with Crippen LogP contribution in [-0.2, 0) is 23.8 Å². The Bertz CT molecular complexity index is 678. The van der Waals surface area contributed by atoms with Crippen molar-refractivity contribution in [1.29, 1.82) is 0 Å². The maximum Gasteiger partial charge on any atom is 0.333 e. The molecular weight excluding hydrogens is 370 g/mol.